The zero-order chi connectivity index (χ0) is 12.4. The third-order valence-corrected chi connectivity index (χ3v) is 2.42. The molecule has 1 aromatic heterocycles. The molecule has 88 valence electrons. The first-order valence-corrected chi connectivity index (χ1v) is 5.12. The Hall–Kier alpha value is -2.01. The Morgan fingerprint density at radius 2 is 2.29 bits per heavy atom. The first-order valence-electron chi connectivity index (χ1n) is 4.74. The zero-order valence-electron chi connectivity index (χ0n) is 8.92. The molecule has 0 radical (unpaired) electrons. The number of carbonyl (C=O) groups excluding carboxylic acids is 1. The number of carbonyl (C=O) groups is 1. The van der Waals surface area contributed by atoms with Crippen LogP contribution in [-0.4, -0.2) is 28.0 Å². The van der Waals surface area contributed by atoms with Crippen molar-refractivity contribution in [1.29, 1.82) is 0 Å². The Balaban J connectivity index is 2.44. The lowest BCUT2D eigenvalue weighted by Crippen LogP contribution is -2.04. The van der Waals surface area contributed by atoms with Gasteiger partial charge >= 0.3 is 5.97 Å². The van der Waals surface area contributed by atoms with Crippen molar-refractivity contribution in [1.82, 2.24) is 9.78 Å². The molecular weight excluding hydrogens is 244 g/mol. The van der Waals surface area contributed by atoms with Crippen molar-refractivity contribution < 1.29 is 14.6 Å². The van der Waals surface area contributed by atoms with Gasteiger partial charge in [0.1, 0.15) is 5.75 Å². The van der Waals surface area contributed by atoms with Gasteiger partial charge in [-0.1, -0.05) is 17.7 Å². The molecule has 0 bridgehead atoms. The van der Waals surface area contributed by atoms with Crippen LogP contribution in [0.3, 0.4) is 0 Å². The van der Waals surface area contributed by atoms with Crippen molar-refractivity contribution in [2.75, 3.05) is 7.11 Å². The highest BCUT2D eigenvalue weighted by Crippen LogP contribution is 2.20. The van der Waals surface area contributed by atoms with Gasteiger partial charge in [-0.15, -0.1) is 0 Å². The number of hydrogen-bond acceptors (Lipinski definition) is 4. The van der Waals surface area contributed by atoms with Gasteiger partial charge in [-0.2, -0.15) is 5.10 Å². The number of methoxy groups -OCH3 is 1. The Morgan fingerprint density at radius 1 is 1.53 bits per heavy atom. The summed E-state index contributed by atoms with van der Waals surface area (Å²) in [6, 6.07) is 6.43. The summed E-state index contributed by atoms with van der Waals surface area (Å²) in [4.78, 5) is 11.3. The second-order valence-electron chi connectivity index (χ2n) is 3.28. The van der Waals surface area contributed by atoms with Crippen LogP contribution in [0.2, 0.25) is 5.02 Å². The van der Waals surface area contributed by atoms with Crippen LogP contribution in [0.4, 0.5) is 0 Å². The molecule has 5 nitrogen and oxygen atoms in total. The van der Waals surface area contributed by atoms with Gasteiger partial charge in [-0.3, -0.25) is 0 Å². The second-order valence-corrected chi connectivity index (χ2v) is 3.69. The van der Waals surface area contributed by atoms with Gasteiger partial charge in [0.2, 0.25) is 0 Å². The number of nitrogens with zero attached hydrogens (tertiary/aromatic N) is 2. The molecule has 1 heterocycles. The lowest BCUT2D eigenvalue weighted by molar-refractivity contribution is 0.0593. The summed E-state index contributed by atoms with van der Waals surface area (Å²) in [7, 11) is 1.26. The van der Waals surface area contributed by atoms with Gasteiger partial charge in [0.25, 0.3) is 0 Å². The maximum absolute atomic E-state index is 11.3. The quantitative estimate of drug-likeness (QED) is 0.831. The molecule has 1 aromatic carbocycles. The molecule has 0 aliphatic carbocycles. The summed E-state index contributed by atoms with van der Waals surface area (Å²) in [5.74, 6) is -0.498. The second kappa shape index (κ2) is 4.47. The predicted molar refractivity (Wildman–Crippen MR) is 61.6 cm³/mol. The van der Waals surface area contributed by atoms with E-state index in [0.29, 0.717) is 5.69 Å². The number of benzene rings is 1. The van der Waals surface area contributed by atoms with Crippen LogP contribution in [0.15, 0.2) is 30.5 Å². The van der Waals surface area contributed by atoms with Gasteiger partial charge in [-0.25, -0.2) is 9.48 Å². The number of aromatic hydroxyl groups is 1. The van der Waals surface area contributed by atoms with Crippen molar-refractivity contribution in [3.8, 4) is 11.4 Å². The Kier molecular flexibility index (Phi) is 3.01. The molecule has 0 fully saturated rings. The van der Waals surface area contributed by atoms with Crippen LogP contribution in [0.5, 0.6) is 5.75 Å². The van der Waals surface area contributed by atoms with Crippen LogP contribution in [0.25, 0.3) is 5.69 Å². The van der Waals surface area contributed by atoms with E-state index in [4.69, 9.17) is 11.6 Å². The summed E-state index contributed by atoms with van der Waals surface area (Å²) in [5.41, 5.74) is 0.638. The van der Waals surface area contributed by atoms with E-state index in [1.165, 1.54) is 30.1 Å². The molecule has 2 rings (SSSR count). The lowest BCUT2D eigenvalue weighted by Gasteiger charge is -2.00. The smallest absolute Gasteiger partial charge is 0.360 e. The van der Waals surface area contributed by atoms with Crippen molar-refractivity contribution in [3.05, 3.63) is 41.2 Å². The van der Waals surface area contributed by atoms with Gasteiger partial charge in [0.15, 0.2) is 5.69 Å². The molecule has 0 unspecified atom stereocenters. The number of phenolic OH excluding ortho intramolecular Hbond substituents is 1. The van der Waals surface area contributed by atoms with E-state index >= 15 is 0 Å². The fraction of sp³-hybridized carbons (Fsp3) is 0.0909. The number of ether oxygens (including phenoxy) is 1. The number of aromatic nitrogens is 2. The molecular formula is C11H9ClN2O3. The number of halogens is 1. The molecule has 0 amide bonds. The van der Waals surface area contributed by atoms with E-state index < -0.39 is 5.97 Å². The first-order chi connectivity index (χ1) is 8.11. The standard InChI is InChI=1S/C11H9ClN2O3/c1-17-11(16)10-9(12)6-14(13-10)7-3-2-4-8(15)5-7/h2-6,15H,1H3. The summed E-state index contributed by atoms with van der Waals surface area (Å²) in [6.07, 6.45) is 1.47. The number of rotatable bonds is 2. The average Bonchev–Trinajstić information content (AvgIpc) is 2.70. The monoisotopic (exact) mass is 252 g/mol. The van der Waals surface area contributed by atoms with E-state index in [1.54, 1.807) is 12.1 Å². The van der Waals surface area contributed by atoms with E-state index in [9.17, 15) is 9.90 Å². The fourth-order valence-electron chi connectivity index (χ4n) is 1.36. The predicted octanol–water partition coefficient (Wildman–Crippen LogP) is 2.02. The zero-order valence-corrected chi connectivity index (χ0v) is 9.68. The summed E-state index contributed by atoms with van der Waals surface area (Å²) in [5, 5.41) is 13.5. The lowest BCUT2D eigenvalue weighted by atomic mass is 10.3. The minimum absolute atomic E-state index is 0.0394. The highest BCUT2D eigenvalue weighted by Gasteiger charge is 2.16. The van der Waals surface area contributed by atoms with Crippen molar-refractivity contribution >= 4 is 17.6 Å². The van der Waals surface area contributed by atoms with E-state index in [1.807, 2.05) is 0 Å². The van der Waals surface area contributed by atoms with Crippen LogP contribution < -0.4 is 0 Å². The molecule has 0 spiro atoms. The number of hydrogen-bond donors (Lipinski definition) is 1. The third-order valence-electron chi connectivity index (χ3n) is 2.14. The molecule has 0 aliphatic rings. The summed E-state index contributed by atoms with van der Waals surface area (Å²) < 4.78 is 5.94. The highest BCUT2D eigenvalue weighted by molar-refractivity contribution is 6.33. The fourth-order valence-corrected chi connectivity index (χ4v) is 1.56. The van der Waals surface area contributed by atoms with Crippen LogP contribution in [-0.2, 0) is 4.74 Å². The molecule has 17 heavy (non-hydrogen) atoms. The molecule has 0 saturated heterocycles. The molecule has 0 saturated carbocycles. The maximum atomic E-state index is 11.3. The first kappa shape index (κ1) is 11.5. The van der Waals surface area contributed by atoms with Gasteiger partial charge in [0.05, 0.1) is 24.0 Å². The summed E-state index contributed by atoms with van der Waals surface area (Å²) >= 11 is 5.86. The highest BCUT2D eigenvalue weighted by atomic mass is 35.5. The molecule has 1 N–H and O–H groups in total. The maximum Gasteiger partial charge on any atom is 0.360 e. The number of phenols is 1. The SMILES string of the molecule is COC(=O)c1nn(-c2cccc(O)c2)cc1Cl. The van der Waals surface area contributed by atoms with E-state index in [2.05, 4.69) is 9.84 Å². The minimum Gasteiger partial charge on any atom is -0.508 e. The Labute approximate surface area is 102 Å². The molecule has 0 atom stereocenters. The largest absolute Gasteiger partial charge is 0.508 e. The third kappa shape index (κ3) is 2.24. The molecule has 6 heteroatoms. The average molecular weight is 253 g/mol. The minimum atomic E-state index is -0.603. The van der Waals surface area contributed by atoms with Crippen molar-refractivity contribution in [3.63, 3.8) is 0 Å². The molecule has 0 aliphatic heterocycles. The normalized spacial score (nSPS) is 10.2. The van der Waals surface area contributed by atoms with E-state index in [0.717, 1.165) is 0 Å². The van der Waals surface area contributed by atoms with Crippen molar-refractivity contribution in [2.45, 2.75) is 0 Å². The van der Waals surface area contributed by atoms with Gasteiger partial charge < -0.3 is 9.84 Å². The Bertz CT molecular complexity index is 566. The van der Waals surface area contributed by atoms with Crippen molar-refractivity contribution in [2.24, 2.45) is 0 Å². The van der Waals surface area contributed by atoms with E-state index in [-0.39, 0.29) is 16.5 Å². The summed E-state index contributed by atoms with van der Waals surface area (Å²) in [6.45, 7) is 0. The van der Waals surface area contributed by atoms with Crippen LogP contribution in [0, 0.1) is 0 Å². The number of esters is 1. The van der Waals surface area contributed by atoms with Crippen LogP contribution in [0.1, 0.15) is 10.5 Å². The topological polar surface area (TPSA) is 64.3 Å². The molecule has 2 aromatic rings. The van der Waals surface area contributed by atoms with Crippen LogP contribution >= 0.6 is 11.6 Å². The Morgan fingerprint density at radius 3 is 2.94 bits per heavy atom. The van der Waals surface area contributed by atoms with Gasteiger partial charge in [-0.05, 0) is 12.1 Å². The van der Waals surface area contributed by atoms with Gasteiger partial charge in [0, 0.05) is 6.07 Å².